The number of Topliss-reactive ketones (excluding diaryl/α,β-unsaturated/α-hetero) is 1. The molecule has 23 heavy (non-hydrogen) atoms. The van der Waals surface area contributed by atoms with Crippen LogP contribution < -0.4 is 9.47 Å². The number of methoxy groups -OCH3 is 1. The van der Waals surface area contributed by atoms with Crippen LogP contribution >= 0.6 is 0 Å². The second kappa shape index (κ2) is 7.49. The molecule has 4 nitrogen and oxygen atoms in total. The Morgan fingerprint density at radius 1 is 1.00 bits per heavy atom. The highest BCUT2D eigenvalue weighted by atomic mass is 19.1. The Balaban J connectivity index is 1.95. The maximum absolute atomic E-state index is 13.5. The van der Waals surface area contributed by atoms with Crippen LogP contribution in [0.2, 0.25) is 0 Å². The topological polar surface area (TPSA) is 52.6 Å². The lowest BCUT2D eigenvalue weighted by Gasteiger charge is -2.08. The molecule has 6 heteroatoms. The van der Waals surface area contributed by atoms with E-state index in [0.29, 0.717) is 11.8 Å². The van der Waals surface area contributed by atoms with Crippen LogP contribution in [-0.2, 0) is 4.79 Å². The van der Waals surface area contributed by atoms with Crippen LogP contribution in [0.3, 0.4) is 0 Å². The molecule has 120 valence electrons. The van der Waals surface area contributed by atoms with Gasteiger partial charge in [0.1, 0.15) is 11.6 Å². The van der Waals surface area contributed by atoms with Crippen LogP contribution in [0, 0.1) is 11.6 Å². The van der Waals surface area contributed by atoms with Crippen molar-refractivity contribution in [3.63, 3.8) is 0 Å². The fourth-order valence-electron chi connectivity index (χ4n) is 1.94. The summed E-state index contributed by atoms with van der Waals surface area (Å²) in [5.74, 6) is -2.34. The smallest absolute Gasteiger partial charge is 0.311 e. The van der Waals surface area contributed by atoms with Gasteiger partial charge in [-0.2, -0.15) is 0 Å². The van der Waals surface area contributed by atoms with Gasteiger partial charge in [0.05, 0.1) is 19.1 Å². The minimum Gasteiger partial charge on any atom is -0.493 e. The number of esters is 1. The van der Waals surface area contributed by atoms with Crippen molar-refractivity contribution in [3.8, 4) is 11.5 Å². The largest absolute Gasteiger partial charge is 0.493 e. The predicted octanol–water partition coefficient (Wildman–Crippen LogP) is 3.54. The molecule has 0 aliphatic carbocycles. The molecule has 0 saturated heterocycles. The van der Waals surface area contributed by atoms with Gasteiger partial charge in [0.25, 0.3) is 0 Å². The highest BCUT2D eigenvalue weighted by molar-refractivity contribution is 5.97. The lowest BCUT2D eigenvalue weighted by atomic mass is 10.1. The number of carbonyl (C=O) groups is 2. The average Bonchev–Trinajstić information content (AvgIpc) is 2.53. The number of halogens is 2. The van der Waals surface area contributed by atoms with E-state index in [-0.39, 0.29) is 24.2 Å². The molecule has 0 aliphatic heterocycles. The minimum atomic E-state index is -0.951. The zero-order chi connectivity index (χ0) is 16.8. The zero-order valence-electron chi connectivity index (χ0n) is 12.3. The molecule has 0 heterocycles. The third kappa shape index (κ3) is 4.35. The maximum Gasteiger partial charge on any atom is 0.311 e. The third-order valence-electron chi connectivity index (χ3n) is 3.08. The first kappa shape index (κ1) is 16.6. The minimum absolute atomic E-state index is 0.228. The standard InChI is InChI=1S/C17H14F2O4/c1-22-15-4-2-3-5-16(15)23-17(21)9-8-14(20)12-7-6-11(18)10-13(12)19/h2-7,10H,8-9H2,1H3. The van der Waals surface area contributed by atoms with Gasteiger partial charge in [-0.05, 0) is 24.3 Å². The SMILES string of the molecule is COc1ccccc1OC(=O)CCC(=O)c1ccc(F)cc1F. The van der Waals surface area contributed by atoms with Crippen molar-refractivity contribution in [1.29, 1.82) is 0 Å². The van der Waals surface area contributed by atoms with E-state index in [4.69, 9.17) is 9.47 Å². The van der Waals surface area contributed by atoms with E-state index in [1.54, 1.807) is 24.3 Å². The summed E-state index contributed by atoms with van der Waals surface area (Å²) in [6.07, 6.45) is -0.468. The van der Waals surface area contributed by atoms with Crippen LogP contribution in [-0.4, -0.2) is 18.9 Å². The van der Waals surface area contributed by atoms with E-state index in [1.807, 2.05) is 0 Å². The normalized spacial score (nSPS) is 10.2. The summed E-state index contributed by atoms with van der Waals surface area (Å²) < 4.78 is 36.4. The molecule has 0 unspecified atom stereocenters. The second-order valence-corrected chi connectivity index (χ2v) is 4.67. The van der Waals surface area contributed by atoms with Crippen molar-refractivity contribution < 1.29 is 27.8 Å². The molecule has 0 radical (unpaired) electrons. The highest BCUT2D eigenvalue weighted by Crippen LogP contribution is 2.26. The number of hydrogen-bond donors (Lipinski definition) is 0. The average molecular weight is 320 g/mol. The number of para-hydroxylation sites is 2. The third-order valence-corrected chi connectivity index (χ3v) is 3.08. The van der Waals surface area contributed by atoms with Crippen LogP contribution in [0.5, 0.6) is 11.5 Å². The Hall–Kier alpha value is -2.76. The predicted molar refractivity (Wildman–Crippen MR) is 78.6 cm³/mol. The Labute approximate surface area is 131 Å². The summed E-state index contributed by atoms with van der Waals surface area (Å²) >= 11 is 0. The van der Waals surface area contributed by atoms with Gasteiger partial charge < -0.3 is 9.47 Å². The van der Waals surface area contributed by atoms with Gasteiger partial charge in [0, 0.05) is 12.5 Å². The fraction of sp³-hybridized carbons (Fsp3) is 0.176. The first-order valence-corrected chi connectivity index (χ1v) is 6.83. The van der Waals surface area contributed by atoms with E-state index >= 15 is 0 Å². The Morgan fingerprint density at radius 3 is 2.35 bits per heavy atom. The number of ketones is 1. The summed E-state index contributed by atoms with van der Waals surface area (Å²) in [7, 11) is 1.44. The monoisotopic (exact) mass is 320 g/mol. The molecule has 0 bridgehead atoms. The van der Waals surface area contributed by atoms with Gasteiger partial charge in [0.2, 0.25) is 0 Å². The molecule has 0 fully saturated rings. The number of rotatable bonds is 6. The molecule has 0 N–H and O–H groups in total. The zero-order valence-corrected chi connectivity index (χ0v) is 12.3. The molecule has 0 amide bonds. The van der Waals surface area contributed by atoms with E-state index in [2.05, 4.69) is 0 Å². The summed E-state index contributed by atoms with van der Waals surface area (Å²) in [5, 5.41) is 0. The number of carbonyl (C=O) groups excluding carboxylic acids is 2. The Bertz CT molecular complexity index is 728. The molecule has 0 atom stereocenters. The lowest BCUT2D eigenvalue weighted by molar-refractivity contribution is -0.134. The van der Waals surface area contributed by atoms with E-state index in [0.717, 1.165) is 12.1 Å². The van der Waals surface area contributed by atoms with Gasteiger partial charge in [0.15, 0.2) is 17.3 Å². The van der Waals surface area contributed by atoms with Crippen molar-refractivity contribution in [2.75, 3.05) is 7.11 Å². The van der Waals surface area contributed by atoms with Crippen molar-refractivity contribution in [1.82, 2.24) is 0 Å². The van der Waals surface area contributed by atoms with E-state index in [1.165, 1.54) is 7.11 Å². The maximum atomic E-state index is 13.5. The molecule has 2 aromatic rings. The Morgan fingerprint density at radius 2 is 1.70 bits per heavy atom. The highest BCUT2D eigenvalue weighted by Gasteiger charge is 2.16. The first-order valence-electron chi connectivity index (χ1n) is 6.83. The van der Waals surface area contributed by atoms with E-state index in [9.17, 15) is 18.4 Å². The molecular weight excluding hydrogens is 306 g/mol. The van der Waals surface area contributed by atoms with Gasteiger partial charge in [-0.3, -0.25) is 9.59 Å². The summed E-state index contributed by atoms with van der Waals surface area (Å²) in [6.45, 7) is 0. The molecular formula is C17H14F2O4. The van der Waals surface area contributed by atoms with Gasteiger partial charge >= 0.3 is 5.97 Å². The van der Waals surface area contributed by atoms with Crippen LogP contribution in [0.4, 0.5) is 8.78 Å². The van der Waals surface area contributed by atoms with Crippen LogP contribution in [0.1, 0.15) is 23.2 Å². The molecule has 0 aliphatic rings. The van der Waals surface area contributed by atoms with Crippen LogP contribution in [0.25, 0.3) is 0 Å². The summed E-state index contributed by atoms with van der Waals surface area (Å²) in [5.41, 5.74) is -0.253. The van der Waals surface area contributed by atoms with Gasteiger partial charge in [-0.1, -0.05) is 12.1 Å². The lowest BCUT2D eigenvalue weighted by Crippen LogP contribution is -2.12. The molecule has 2 aromatic carbocycles. The van der Waals surface area contributed by atoms with Crippen molar-refractivity contribution >= 4 is 11.8 Å². The second-order valence-electron chi connectivity index (χ2n) is 4.67. The molecule has 0 saturated carbocycles. The molecule has 0 spiro atoms. The van der Waals surface area contributed by atoms with Crippen molar-refractivity contribution in [2.45, 2.75) is 12.8 Å². The number of hydrogen-bond acceptors (Lipinski definition) is 4. The fourth-order valence-corrected chi connectivity index (χ4v) is 1.94. The number of benzene rings is 2. The van der Waals surface area contributed by atoms with Crippen LogP contribution in [0.15, 0.2) is 42.5 Å². The van der Waals surface area contributed by atoms with Gasteiger partial charge in [-0.15, -0.1) is 0 Å². The molecule has 0 aromatic heterocycles. The van der Waals surface area contributed by atoms with Crippen molar-refractivity contribution in [2.24, 2.45) is 0 Å². The van der Waals surface area contributed by atoms with Gasteiger partial charge in [-0.25, -0.2) is 8.78 Å². The molecule has 2 rings (SSSR count). The van der Waals surface area contributed by atoms with E-state index < -0.39 is 23.4 Å². The quantitative estimate of drug-likeness (QED) is 0.464. The Kier molecular flexibility index (Phi) is 5.41. The first-order chi connectivity index (χ1) is 11.0. The van der Waals surface area contributed by atoms with Crippen molar-refractivity contribution in [3.05, 3.63) is 59.7 Å². The summed E-state index contributed by atoms with van der Waals surface area (Å²) in [4.78, 5) is 23.6. The summed E-state index contributed by atoms with van der Waals surface area (Å²) in [6, 6.07) is 9.24. The number of ether oxygens (including phenoxy) is 2.